The smallest absolute Gasteiger partial charge is 0.260 e. The van der Waals surface area contributed by atoms with Gasteiger partial charge in [0.1, 0.15) is 17.6 Å². The molecule has 4 nitrogen and oxygen atoms in total. The largest absolute Gasteiger partial charge is 0.481 e. The van der Waals surface area contributed by atoms with E-state index in [4.69, 9.17) is 10.00 Å². The first-order valence-corrected chi connectivity index (χ1v) is 6.08. The van der Waals surface area contributed by atoms with Crippen LogP contribution in [0.15, 0.2) is 18.2 Å². The number of carbonyl (C=O) groups is 1. The van der Waals surface area contributed by atoms with Gasteiger partial charge < -0.3 is 10.1 Å². The summed E-state index contributed by atoms with van der Waals surface area (Å²) in [5.41, 5.74) is -0.0516. The van der Waals surface area contributed by atoms with E-state index in [-0.39, 0.29) is 17.2 Å². The molecule has 1 amide bonds. The van der Waals surface area contributed by atoms with Crippen LogP contribution in [0, 0.1) is 23.1 Å². The average molecular weight is 264 g/mol. The predicted molar refractivity (Wildman–Crippen MR) is 69.1 cm³/mol. The fraction of sp³-hybridized carbons (Fsp3) is 0.429. The van der Waals surface area contributed by atoms with Crippen molar-refractivity contribution in [1.29, 1.82) is 5.26 Å². The van der Waals surface area contributed by atoms with E-state index in [2.05, 4.69) is 5.32 Å². The Kier molecular flexibility index (Phi) is 5.31. The monoisotopic (exact) mass is 264 g/mol. The van der Waals surface area contributed by atoms with Crippen molar-refractivity contribution >= 4 is 5.91 Å². The first-order valence-electron chi connectivity index (χ1n) is 6.08. The molecule has 0 aliphatic carbocycles. The molecule has 1 N–H and O–H groups in total. The molecule has 19 heavy (non-hydrogen) atoms. The van der Waals surface area contributed by atoms with Gasteiger partial charge in [-0.1, -0.05) is 13.8 Å². The van der Waals surface area contributed by atoms with Crippen LogP contribution in [0.1, 0.15) is 26.3 Å². The fourth-order valence-corrected chi connectivity index (χ4v) is 1.37. The molecule has 1 atom stereocenters. The minimum atomic E-state index is -0.717. The van der Waals surface area contributed by atoms with E-state index >= 15 is 0 Å². The zero-order chi connectivity index (χ0) is 14.4. The number of carbonyl (C=O) groups excluding carboxylic acids is 1. The Morgan fingerprint density at radius 2 is 2.16 bits per heavy atom. The number of nitrogens with one attached hydrogen (secondary N) is 1. The lowest BCUT2D eigenvalue weighted by atomic mass is 10.2. The Bertz CT molecular complexity index is 495. The molecule has 1 aromatic carbocycles. The Morgan fingerprint density at radius 3 is 2.68 bits per heavy atom. The maximum atomic E-state index is 13.4. The van der Waals surface area contributed by atoms with Crippen molar-refractivity contribution in [3.05, 3.63) is 29.6 Å². The SMILES string of the molecule is CC(C)CNC(=O)C(C)Oc1ccc(C#N)c(F)c1. The van der Waals surface area contributed by atoms with Crippen LogP contribution < -0.4 is 10.1 Å². The number of nitrogens with zero attached hydrogens (tertiary/aromatic N) is 1. The van der Waals surface area contributed by atoms with Crippen LogP contribution in [-0.4, -0.2) is 18.6 Å². The van der Waals surface area contributed by atoms with Gasteiger partial charge in [0.05, 0.1) is 5.56 Å². The van der Waals surface area contributed by atoms with Crippen LogP contribution in [0.5, 0.6) is 5.75 Å². The summed E-state index contributed by atoms with van der Waals surface area (Å²) in [5.74, 6) is -0.333. The van der Waals surface area contributed by atoms with Gasteiger partial charge in [0.2, 0.25) is 0 Å². The summed E-state index contributed by atoms with van der Waals surface area (Å²) >= 11 is 0. The summed E-state index contributed by atoms with van der Waals surface area (Å²) < 4.78 is 18.7. The highest BCUT2D eigenvalue weighted by atomic mass is 19.1. The highest BCUT2D eigenvalue weighted by Gasteiger charge is 2.15. The maximum absolute atomic E-state index is 13.4. The Balaban J connectivity index is 2.62. The van der Waals surface area contributed by atoms with E-state index in [1.807, 2.05) is 13.8 Å². The van der Waals surface area contributed by atoms with E-state index in [9.17, 15) is 9.18 Å². The molecule has 0 aliphatic heterocycles. The lowest BCUT2D eigenvalue weighted by Crippen LogP contribution is -2.38. The second-order valence-electron chi connectivity index (χ2n) is 4.65. The quantitative estimate of drug-likeness (QED) is 0.887. The first kappa shape index (κ1) is 15.0. The van der Waals surface area contributed by atoms with Gasteiger partial charge in [-0.3, -0.25) is 4.79 Å². The predicted octanol–water partition coefficient (Wildman–Crippen LogP) is 2.24. The summed E-state index contributed by atoms with van der Waals surface area (Å²) in [6.45, 7) is 6.13. The first-order chi connectivity index (χ1) is 8.93. The summed E-state index contributed by atoms with van der Waals surface area (Å²) in [7, 11) is 0. The number of nitriles is 1. The van der Waals surface area contributed by atoms with Crippen molar-refractivity contribution in [3.63, 3.8) is 0 Å². The van der Waals surface area contributed by atoms with E-state index in [0.29, 0.717) is 12.5 Å². The van der Waals surface area contributed by atoms with E-state index < -0.39 is 11.9 Å². The molecular weight excluding hydrogens is 247 g/mol. The maximum Gasteiger partial charge on any atom is 0.260 e. The zero-order valence-electron chi connectivity index (χ0n) is 11.2. The molecular formula is C14H17FN2O2. The van der Waals surface area contributed by atoms with Gasteiger partial charge in [-0.2, -0.15) is 5.26 Å². The van der Waals surface area contributed by atoms with E-state index in [1.165, 1.54) is 12.1 Å². The second-order valence-corrected chi connectivity index (χ2v) is 4.65. The van der Waals surface area contributed by atoms with E-state index in [0.717, 1.165) is 6.07 Å². The molecule has 0 radical (unpaired) electrons. The van der Waals surface area contributed by atoms with Gasteiger partial charge in [0.15, 0.2) is 6.10 Å². The number of benzene rings is 1. The number of amides is 1. The van der Waals surface area contributed by atoms with Gasteiger partial charge in [-0.25, -0.2) is 4.39 Å². The Labute approximate surface area is 112 Å². The molecule has 1 unspecified atom stereocenters. The van der Waals surface area contributed by atoms with Gasteiger partial charge >= 0.3 is 0 Å². The summed E-state index contributed by atoms with van der Waals surface area (Å²) in [4.78, 5) is 11.7. The zero-order valence-corrected chi connectivity index (χ0v) is 11.2. The van der Waals surface area contributed by atoms with Crippen LogP contribution in [0.25, 0.3) is 0 Å². The number of rotatable bonds is 5. The lowest BCUT2D eigenvalue weighted by Gasteiger charge is -2.15. The molecule has 1 rings (SSSR count). The molecule has 102 valence electrons. The van der Waals surface area contributed by atoms with Crippen LogP contribution in [0.3, 0.4) is 0 Å². The molecule has 1 aromatic rings. The van der Waals surface area contributed by atoms with Crippen LogP contribution in [0.2, 0.25) is 0 Å². The minimum absolute atomic E-state index is 0.0516. The molecule has 0 aromatic heterocycles. The van der Waals surface area contributed by atoms with Gasteiger partial charge in [0.25, 0.3) is 5.91 Å². The lowest BCUT2D eigenvalue weighted by molar-refractivity contribution is -0.127. The Hall–Kier alpha value is -2.09. The number of hydrogen-bond donors (Lipinski definition) is 1. The molecule has 0 aliphatic rings. The molecule has 0 saturated carbocycles. The number of ether oxygens (including phenoxy) is 1. The van der Waals surface area contributed by atoms with Gasteiger partial charge in [-0.15, -0.1) is 0 Å². The van der Waals surface area contributed by atoms with Crippen molar-refractivity contribution in [1.82, 2.24) is 5.32 Å². The van der Waals surface area contributed by atoms with Crippen LogP contribution >= 0.6 is 0 Å². The number of hydrogen-bond acceptors (Lipinski definition) is 3. The minimum Gasteiger partial charge on any atom is -0.481 e. The third-order valence-corrected chi connectivity index (χ3v) is 2.43. The van der Waals surface area contributed by atoms with Crippen LogP contribution in [-0.2, 0) is 4.79 Å². The topological polar surface area (TPSA) is 62.1 Å². The second kappa shape index (κ2) is 6.74. The third-order valence-electron chi connectivity index (χ3n) is 2.43. The Morgan fingerprint density at radius 1 is 1.47 bits per heavy atom. The van der Waals surface area contributed by atoms with Crippen molar-refractivity contribution < 1.29 is 13.9 Å². The number of halogens is 1. The summed E-state index contributed by atoms with van der Waals surface area (Å²) in [6, 6.07) is 5.61. The van der Waals surface area contributed by atoms with E-state index in [1.54, 1.807) is 13.0 Å². The van der Waals surface area contributed by atoms with Crippen molar-refractivity contribution in [2.75, 3.05) is 6.54 Å². The van der Waals surface area contributed by atoms with Crippen molar-refractivity contribution in [2.24, 2.45) is 5.92 Å². The molecule has 0 fully saturated rings. The standard InChI is InChI=1S/C14H17FN2O2/c1-9(2)8-17-14(18)10(3)19-12-5-4-11(7-16)13(15)6-12/h4-6,9-10H,8H2,1-3H3,(H,17,18). The van der Waals surface area contributed by atoms with Crippen molar-refractivity contribution in [3.8, 4) is 11.8 Å². The molecule has 0 bridgehead atoms. The summed E-state index contributed by atoms with van der Waals surface area (Å²) in [6.07, 6.45) is -0.717. The van der Waals surface area contributed by atoms with Gasteiger partial charge in [-0.05, 0) is 25.0 Å². The molecule has 0 saturated heterocycles. The fourth-order valence-electron chi connectivity index (χ4n) is 1.37. The summed E-state index contributed by atoms with van der Waals surface area (Å²) in [5, 5.41) is 11.3. The third kappa shape index (κ3) is 4.59. The molecule has 5 heteroatoms. The average Bonchev–Trinajstić information content (AvgIpc) is 2.36. The van der Waals surface area contributed by atoms with Crippen molar-refractivity contribution in [2.45, 2.75) is 26.9 Å². The highest BCUT2D eigenvalue weighted by Crippen LogP contribution is 2.17. The highest BCUT2D eigenvalue weighted by molar-refractivity contribution is 5.80. The van der Waals surface area contributed by atoms with Gasteiger partial charge in [0, 0.05) is 12.6 Å². The molecule has 0 heterocycles. The van der Waals surface area contributed by atoms with Crippen LogP contribution in [0.4, 0.5) is 4.39 Å². The normalized spacial score (nSPS) is 11.8. The molecule has 0 spiro atoms.